The van der Waals surface area contributed by atoms with Crippen molar-refractivity contribution < 1.29 is 9.90 Å². The number of carbonyl (C=O) groups excluding carboxylic acids is 1. The molecule has 130 valence electrons. The Hall–Kier alpha value is -1.15. The number of hydrogen-bond donors (Lipinski definition) is 1. The van der Waals surface area contributed by atoms with Gasteiger partial charge < -0.3 is 5.11 Å². The number of aliphatic hydroxyl groups is 1. The van der Waals surface area contributed by atoms with Crippen molar-refractivity contribution in [3.8, 4) is 0 Å². The van der Waals surface area contributed by atoms with Gasteiger partial charge in [0.25, 0.3) is 0 Å². The van der Waals surface area contributed by atoms with Crippen LogP contribution < -0.4 is 0 Å². The van der Waals surface area contributed by atoms with Gasteiger partial charge in [-0.15, -0.1) is 0 Å². The van der Waals surface area contributed by atoms with Gasteiger partial charge in [0.15, 0.2) is 5.78 Å². The summed E-state index contributed by atoms with van der Waals surface area (Å²) in [7, 11) is 0. The van der Waals surface area contributed by atoms with E-state index in [1.807, 2.05) is 19.9 Å². The third-order valence-corrected chi connectivity index (χ3v) is 8.40. The van der Waals surface area contributed by atoms with Gasteiger partial charge in [-0.3, -0.25) is 4.79 Å². The molecule has 0 aliphatic heterocycles. The summed E-state index contributed by atoms with van der Waals surface area (Å²) in [6.45, 7) is 12.7. The maximum absolute atomic E-state index is 12.4. The molecule has 24 heavy (non-hydrogen) atoms. The van der Waals surface area contributed by atoms with Crippen LogP contribution in [0.3, 0.4) is 0 Å². The number of allylic oxidation sites excluding steroid dienone is 4. The summed E-state index contributed by atoms with van der Waals surface area (Å²) in [6.07, 6.45) is 9.54. The first-order valence-corrected chi connectivity index (χ1v) is 9.46. The van der Waals surface area contributed by atoms with E-state index in [2.05, 4.69) is 26.5 Å². The molecule has 2 heteroatoms. The summed E-state index contributed by atoms with van der Waals surface area (Å²) < 4.78 is 0. The monoisotopic (exact) mass is 326 g/mol. The summed E-state index contributed by atoms with van der Waals surface area (Å²) in [6, 6.07) is 0. The van der Waals surface area contributed by atoms with Gasteiger partial charge in [-0.05, 0) is 80.3 Å². The van der Waals surface area contributed by atoms with E-state index in [4.69, 9.17) is 0 Å². The molecule has 0 saturated heterocycles. The highest BCUT2D eigenvalue weighted by atomic mass is 16.3. The molecule has 2 fully saturated rings. The zero-order chi connectivity index (χ0) is 17.5. The fourth-order valence-electron chi connectivity index (χ4n) is 6.76. The van der Waals surface area contributed by atoms with Crippen LogP contribution in [0.25, 0.3) is 0 Å². The highest BCUT2D eigenvalue weighted by molar-refractivity contribution is 6.09. The minimum atomic E-state index is -0.693. The minimum absolute atomic E-state index is 0.0394. The Bertz CT molecular complexity index is 695. The van der Waals surface area contributed by atoms with Crippen molar-refractivity contribution in [2.75, 3.05) is 0 Å². The Morgan fingerprint density at radius 1 is 1.25 bits per heavy atom. The zero-order valence-electron chi connectivity index (χ0n) is 15.5. The molecule has 1 N–H and O–H groups in total. The van der Waals surface area contributed by atoms with Gasteiger partial charge in [-0.25, -0.2) is 0 Å². The van der Waals surface area contributed by atoms with Crippen LogP contribution in [0.2, 0.25) is 0 Å². The van der Waals surface area contributed by atoms with Crippen LogP contribution in [-0.4, -0.2) is 16.5 Å². The lowest BCUT2D eigenvalue weighted by Gasteiger charge is -2.59. The molecule has 2 nitrogen and oxygen atoms in total. The fraction of sp³-hybridized carbons (Fsp3) is 0.682. The van der Waals surface area contributed by atoms with Gasteiger partial charge in [0.2, 0.25) is 0 Å². The maximum Gasteiger partial charge on any atom is 0.184 e. The Balaban J connectivity index is 1.76. The van der Waals surface area contributed by atoms with Crippen molar-refractivity contribution in [2.45, 2.75) is 65.4 Å². The van der Waals surface area contributed by atoms with E-state index in [9.17, 15) is 9.90 Å². The fourth-order valence-corrected chi connectivity index (χ4v) is 6.76. The Morgan fingerprint density at radius 3 is 2.67 bits per heavy atom. The lowest BCUT2D eigenvalue weighted by Crippen LogP contribution is -2.54. The van der Waals surface area contributed by atoms with Crippen LogP contribution >= 0.6 is 0 Å². The van der Waals surface area contributed by atoms with E-state index in [0.29, 0.717) is 17.8 Å². The quantitative estimate of drug-likeness (QED) is 0.522. The van der Waals surface area contributed by atoms with E-state index < -0.39 is 5.60 Å². The van der Waals surface area contributed by atoms with Crippen LogP contribution in [0, 0.1) is 28.6 Å². The minimum Gasteiger partial charge on any atom is -0.385 e. The average molecular weight is 326 g/mol. The largest absolute Gasteiger partial charge is 0.385 e. The third-order valence-electron chi connectivity index (χ3n) is 8.40. The van der Waals surface area contributed by atoms with E-state index in [0.717, 1.165) is 43.3 Å². The zero-order valence-corrected chi connectivity index (χ0v) is 15.5. The summed E-state index contributed by atoms with van der Waals surface area (Å²) in [5.41, 5.74) is 2.51. The third kappa shape index (κ3) is 1.78. The van der Waals surface area contributed by atoms with Gasteiger partial charge in [-0.1, -0.05) is 38.2 Å². The molecule has 2 saturated carbocycles. The molecule has 4 aliphatic carbocycles. The van der Waals surface area contributed by atoms with E-state index in [1.54, 1.807) is 0 Å². The van der Waals surface area contributed by atoms with Gasteiger partial charge >= 0.3 is 0 Å². The second-order valence-electron chi connectivity index (χ2n) is 9.43. The van der Waals surface area contributed by atoms with Crippen LogP contribution in [0.15, 0.2) is 35.5 Å². The maximum atomic E-state index is 12.4. The van der Waals surface area contributed by atoms with Crippen LogP contribution in [0.4, 0.5) is 0 Å². The second kappa shape index (κ2) is 4.72. The van der Waals surface area contributed by atoms with Gasteiger partial charge in [0, 0.05) is 5.41 Å². The second-order valence-corrected chi connectivity index (χ2v) is 9.43. The number of carbonyl (C=O) groups is 1. The number of hydrogen-bond acceptors (Lipinski definition) is 2. The molecule has 0 aromatic heterocycles. The van der Waals surface area contributed by atoms with Gasteiger partial charge in [-0.2, -0.15) is 0 Å². The van der Waals surface area contributed by atoms with Crippen molar-refractivity contribution in [3.05, 3.63) is 35.5 Å². The Morgan fingerprint density at radius 2 is 1.96 bits per heavy atom. The molecule has 0 aromatic rings. The molecule has 0 unspecified atom stereocenters. The number of Topliss-reactive ketones (excluding diaryl/α,β-unsaturated/α-hetero) is 1. The number of fused-ring (bicyclic) bond motifs is 5. The number of ketones is 1. The predicted octanol–water partition coefficient (Wildman–Crippen LogP) is 4.60. The smallest absolute Gasteiger partial charge is 0.184 e. The predicted molar refractivity (Wildman–Crippen MR) is 96.4 cm³/mol. The summed E-state index contributed by atoms with van der Waals surface area (Å²) in [4.78, 5) is 12.4. The molecule has 0 aromatic carbocycles. The lowest BCUT2D eigenvalue weighted by molar-refractivity contribution is -0.116. The molecule has 6 atom stereocenters. The molecular formula is C22H30O2. The molecule has 4 rings (SSSR count). The highest BCUT2D eigenvalue weighted by Crippen LogP contribution is 2.66. The summed E-state index contributed by atoms with van der Waals surface area (Å²) >= 11 is 0. The van der Waals surface area contributed by atoms with Crippen molar-refractivity contribution >= 4 is 5.78 Å². The van der Waals surface area contributed by atoms with Crippen molar-refractivity contribution in [1.82, 2.24) is 0 Å². The van der Waals surface area contributed by atoms with Crippen molar-refractivity contribution in [3.63, 3.8) is 0 Å². The summed E-state index contributed by atoms with van der Waals surface area (Å²) in [5.74, 6) is 1.84. The van der Waals surface area contributed by atoms with Crippen LogP contribution in [-0.2, 0) is 4.79 Å². The molecule has 4 aliphatic rings. The van der Waals surface area contributed by atoms with Crippen LogP contribution in [0.5, 0.6) is 0 Å². The van der Waals surface area contributed by atoms with Gasteiger partial charge in [0.1, 0.15) is 0 Å². The highest BCUT2D eigenvalue weighted by Gasteiger charge is 2.61. The molecule has 0 heterocycles. The Kier molecular flexibility index (Phi) is 3.21. The first-order valence-electron chi connectivity index (χ1n) is 9.46. The normalized spacial score (nSPS) is 50.6. The SMILES string of the molecule is C=C1C[C@@]2(C)C(=C(C)C1=O)CC[C@@H]1[C@@H]2CC[C@@]2(C)[C@H]1C=C[C@]2(C)O. The Labute approximate surface area is 145 Å². The molecular weight excluding hydrogens is 296 g/mol. The number of rotatable bonds is 0. The first kappa shape index (κ1) is 16.3. The molecule has 0 radical (unpaired) electrons. The van der Waals surface area contributed by atoms with E-state index in [1.165, 1.54) is 5.57 Å². The van der Waals surface area contributed by atoms with Crippen molar-refractivity contribution in [2.24, 2.45) is 28.6 Å². The first-order chi connectivity index (χ1) is 11.1. The molecule has 0 bridgehead atoms. The van der Waals surface area contributed by atoms with E-state index in [-0.39, 0.29) is 16.6 Å². The standard InChI is InChI=1S/C22H30O2/c1-13-12-20(3)16(14(2)19(13)23)7-6-15-17(20)8-10-21(4)18(15)9-11-22(21,5)24/h9,11,15,17-18,24H,1,6-8,10,12H2,2-5H3/t15-,17+,18+,20+,21+,22+/m1/s1. The topological polar surface area (TPSA) is 37.3 Å². The molecule has 0 spiro atoms. The van der Waals surface area contributed by atoms with Gasteiger partial charge in [0.05, 0.1) is 5.60 Å². The van der Waals surface area contributed by atoms with E-state index >= 15 is 0 Å². The lowest BCUT2D eigenvalue weighted by atomic mass is 9.45. The average Bonchev–Trinajstić information content (AvgIpc) is 2.75. The molecule has 0 amide bonds. The van der Waals surface area contributed by atoms with Crippen molar-refractivity contribution in [1.29, 1.82) is 0 Å². The van der Waals surface area contributed by atoms with Crippen LogP contribution in [0.1, 0.15) is 59.8 Å². The summed E-state index contributed by atoms with van der Waals surface area (Å²) in [5, 5.41) is 10.9.